The molecule has 1 N–H and O–H groups in total. The van der Waals surface area contributed by atoms with Gasteiger partial charge in [0.05, 0.1) is 13.2 Å². The van der Waals surface area contributed by atoms with Crippen LogP contribution in [0, 0.1) is 11.5 Å². The molecule has 0 fully saturated rings. The molecule has 2 aromatic rings. The lowest BCUT2D eigenvalue weighted by molar-refractivity contribution is -0.103. The molecule has 0 saturated carbocycles. The molecule has 6 nitrogen and oxygen atoms in total. The number of aromatic hydroxyl groups is 1. The summed E-state index contributed by atoms with van der Waals surface area (Å²) in [6.07, 6.45) is 4.38. The van der Waals surface area contributed by atoms with Crippen LogP contribution in [-0.2, 0) is 25.6 Å². The SMILES string of the molecule is COCO[C@@H](/C=C\C=C/Br)[C@H](CCOCc1ccccc1)OC(=O)c1c(O)cccc1C#C[Si](C(C)C)(C(C)C)C(C)C. The molecule has 234 valence electrons. The zero-order valence-corrected chi connectivity index (χ0v) is 29.1. The van der Waals surface area contributed by atoms with Gasteiger partial charge in [-0.25, -0.2) is 4.79 Å². The number of esters is 1. The zero-order chi connectivity index (χ0) is 31.8. The highest BCUT2D eigenvalue weighted by Gasteiger charge is 2.41. The summed E-state index contributed by atoms with van der Waals surface area (Å²) in [5.41, 5.74) is 6.48. The summed E-state index contributed by atoms with van der Waals surface area (Å²) in [6.45, 7) is 14.2. The Hall–Kier alpha value is -2.67. The summed E-state index contributed by atoms with van der Waals surface area (Å²) in [5.74, 6) is 2.47. The lowest BCUT2D eigenvalue weighted by Gasteiger charge is -2.38. The number of benzene rings is 2. The van der Waals surface area contributed by atoms with Crippen molar-refractivity contribution in [3.05, 3.63) is 88.4 Å². The summed E-state index contributed by atoms with van der Waals surface area (Å²) in [6, 6.07) is 14.8. The molecule has 0 bridgehead atoms. The summed E-state index contributed by atoms with van der Waals surface area (Å²) in [4.78, 5) is 15.5. The average molecular weight is 672 g/mol. The molecule has 8 heteroatoms. The van der Waals surface area contributed by atoms with E-state index in [0.29, 0.717) is 41.8 Å². The number of methoxy groups -OCH3 is 1. The van der Waals surface area contributed by atoms with Gasteiger partial charge < -0.3 is 24.1 Å². The third-order valence-corrected chi connectivity index (χ3v) is 14.3. The molecule has 0 radical (unpaired) electrons. The van der Waals surface area contributed by atoms with E-state index in [-0.39, 0.29) is 18.1 Å². The van der Waals surface area contributed by atoms with Gasteiger partial charge in [0, 0.05) is 19.1 Å². The van der Waals surface area contributed by atoms with E-state index in [1.807, 2.05) is 30.3 Å². The predicted molar refractivity (Wildman–Crippen MR) is 180 cm³/mol. The lowest BCUT2D eigenvalue weighted by atomic mass is 10.1. The van der Waals surface area contributed by atoms with Gasteiger partial charge in [0.2, 0.25) is 0 Å². The first-order valence-electron chi connectivity index (χ1n) is 14.8. The van der Waals surface area contributed by atoms with Crippen LogP contribution in [0.25, 0.3) is 0 Å². The predicted octanol–water partition coefficient (Wildman–Crippen LogP) is 8.55. The second-order valence-corrected chi connectivity index (χ2v) is 17.5. The first-order chi connectivity index (χ1) is 20.6. The van der Waals surface area contributed by atoms with Crippen LogP contribution in [-0.4, -0.2) is 51.9 Å². The molecule has 2 atom stereocenters. The molecule has 0 unspecified atom stereocenters. The van der Waals surface area contributed by atoms with Crippen molar-refractivity contribution in [2.45, 2.75) is 83.4 Å². The van der Waals surface area contributed by atoms with Gasteiger partial charge in [0.1, 0.15) is 38.4 Å². The van der Waals surface area contributed by atoms with Crippen molar-refractivity contribution in [3.63, 3.8) is 0 Å². The Labute approximate surface area is 267 Å². The highest BCUT2D eigenvalue weighted by Crippen LogP contribution is 2.41. The Morgan fingerprint density at radius 2 is 1.65 bits per heavy atom. The van der Waals surface area contributed by atoms with E-state index in [0.717, 1.165) is 5.56 Å². The molecule has 0 aliphatic heterocycles. The van der Waals surface area contributed by atoms with Crippen molar-refractivity contribution >= 4 is 30.0 Å². The topological polar surface area (TPSA) is 74.2 Å². The van der Waals surface area contributed by atoms with Gasteiger partial charge in [-0.05, 0) is 39.3 Å². The van der Waals surface area contributed by atoms with Crippen molar-refractivity contribution in [2.24, 2.45) is 0 Å². The number of phenolic OH excluding ortho intramolecular Hbond substituents is 1. The smallest absolute Gasteiger partial charge is 0.343 e. The number of rotatable bonds is 16. The van der Waals surface area contributed by atoms with E-state index in [9.17, 15) is 9.90 Å². The van der Waals surface area contributed by atoms with Gasteiger partial charge in [-0.2, -0.15) is 0 Å². The van der Waals surface area contributed by atoms with Gasteiger partial charge in [0.15, 0.2) is 0 Å². The molecule has 43 heavy (non-hydrogen) atoms. The van der Waals surface area contributed by atoms with Crippen molar-refractivity contribution in [2.75, 3.05) is 20.5 Å². The quantitative estimate of drug-likeness (QED) is 0.0482. The van der Waals surface area contributed by atoms with Crippen molar-refractivity contribution < 1.29 is 28.8 Å². The number of halogens is 1. The number of allylic oxidation sites excluding steroid dienone is 2. The molecule has 0 heterocycles. The zero-order valence-electron chi connectivity index (χ0n) is 26.5. The minimum Gasteiger partial charge on any atom is -0.507 e. The Morgan fingerprint density at radius 1 is 0.977 bits per heavy atom. The maximum atomic E-state index is 13.8. The molecule has 0 saturated heterocycles. The van der Waals surface area contributed by atoms with Gasteiger partial charge in [0.25, 0.3) is 0 Å². The van der Waals surface area contributed by atoms with Gasteiger partial charge in [-0.15, -0.1) is 5.54 Å². The maximum Gasteiger partial charge on any atom is 0.343 e. The fraction of sp³-hybridized carbons (Fsp3) is 0.457. The molecule has 2 rings (SSSR count). The van der Waals surface area contributed by atoms with Crippen LogP contribution in [0.15, 0.2) is 71.7 Å². The Morgan fingerprint density at radius 3 is 2.26 bits per heavy atom. The third-order valence-electron chi connectivity index (χ3n) is 7.67. The monoisotopic (exact) mass is 670 g/mol. The van der Waals surface area contributed by atoms with Gasteiger partial charge in [-0.3, -0.25) is 0 Å². The lowest BCUT2D eigenvalue weighted by Crippen LogP contribution is -2.43. The largest absolute Gasteiger partial charge is 0.507 e. The Bertz CT molecular complexity index is 1220. The number of carbonyl (C=O) groups excluding carboxylic acids is 1. The molecule has 2 aromatic carbocycles. The van der Waals surface area contributed by atoms with E-state index in [1.165, 1.54) is 13.2 Å². The van der Waals surface area contributed by atoms with Gasteiger partial charge in [-0.1, -0.05) is 118 Å². The Balaban J connectivity index is 2.43. The second kappa shape index (κ2) is 18.9. The average Bonchev–Trinajstić information content (AvgIpc) is 2.96. The van der Waals surface area contributed by atoms with E-state index in [2.05, 4.69) is 68.9 Å². The molecule has 0 amide bonds. The van der Waals surface area contributed by atoms with E-state index in [1.54, 1.807) is 35.3 Å². The molecule has 0 aromatic heterocycles. The molecule has 0 spiro atoms. The van der Waals surface area contributed by atoms with Gasteiger partial charge >= 0.3 is 5.97 Å². The van der Waals surface area contributed by atoms with Crippen LogP contribution < -0.4 is 0 Å². The summed E-state index contributed by atoms with van der Waals surface area (Å²) >= 11 is 3.26. The fourth-order valence-corrected chi connectivity index (χ4v) is 11.0. The van der Waals surface area contributed by atoms with Crippen LogP contribution in [0.1, 0.15) is 69.4 Å². The number of phenols is 1. The second-order valence-electron chi connectivity index (χ2n) is 11.4. The van der Waals surface area contributed by atoms with E-state index < -0.39 is 26.3 Å². The first-order valence-corrected chi connectivity index (χ1v) is 17.9. The minimum absolute atomic E-state index is 0.00554. The standard InChI is InChI=1S/C35H47BrO6Si/c1-26(2)43(27(3)4,28(5)6)23-20-30-16-13-17-31(37)34(30)35(38)42-33(32(41-25-39-7)18-11-12-21-36)19-22-40-24-29-14-9-8-10-15-29/h8-18,21,26-28,32-33,37H,19,22,24-25H2,1-7H3/b18-11-,21-12-/t32-,33-/m0/s1. The van der Waals surface area contributed by atoms with Crippen LogP contribution in [0.4, 0.5) is 0 Å². The van der Waals surface area contributed by atoms with Crippen LogP contribution in [0.3, 0.4) is 0 Å². The third kappa shape index (κ3) is 10.8. The van der Waals surface area contributed by atoms with Crippen LogP contribution in [0.5, 0.6) is 5.75 Å². The molecule has 0 aliphatic carbocycles. The van der Waals surface area contributed by atoms with E-state index in [4.69, 9.17) is 18.9 Å². The first kappa shape index (κ1) is 36.5. The number of hydrogen-bond acceptors (Lipinski definition) is 6. The number of carbonyl (C=O) groups is 1. The molecule has 0 aliphatic rings. The fourth-order valence-electron chi connectivity index (χ4n) is 5.57. The summed E-state index contributed by atoms with van der Waals surface area (Å²) in [5, 5.41) is 10.9. The maximum absolute atomic E-state index is 13.8. The molecular formula is C35H47BrO6Si. The van der Waals surface area contributed by atoms with Crippen LogP contribution >= 0.6 is 15.9 Å². The summed E-state index contributed by atoms with van der Waals surface area (Å²) in [7, 11) is -0.551. The van der Waals surface area contributed by atoms with Crippen molar-refractivity contribution in [3.8, 4) is 17.2 Å². The minimum atomic E-state index is -2.08. The van der Waals surface area contributed by atoms with Crippen LogP contribution in [0.2, 0.25) is 16.6 Å². The number of ether oxygens (including phenoxy) is 4. The number of hydrogen-bond donors (Lipinski definition) is 1. The highest BCUT2D eigenvalue weighted by molar-refractivity contribution is 9.11. The van der Waals surface area contributed by atoms with E-state index >= 15 is 0 Å². The molecular weight excluding hydrogens is 624 g/mol. The van der Waals surface area contributed by atoms with Crippen molar-refractivity contribution in [1.29, 1.82) is 0 Å². The van der Waals surface area contributed by atoms with Crippen molar-refractivity contribution in [1.82, 2.24) is 0 Å². The highest BCUT2D eigenvalue weighted by atomic mass is 79.9. The normalized spacial score (nSPS) is 13.6. The Kier molecular flexibility index (Phi) is 16.0. The summed E-state index contributed by atoms with van der Waals surface area (Å²) < 4.78 is 23.0.